The van der Waals surface area contributed by atoms with Crippen LogP contribution in [0.5, 0.6) is 0 Å². The molecule has 5 rings (SSSR count). The minimum atomic E-state index is -4.70. The number of aromatic nitrogens is 4. The summed E-state index contributed by atoms with van der Waals surface area (Å²) in [4.78, 5) is 30.3. The molecule has 5 N–H and O–H groups in total. The van der Waals surface area contributed by atoms with Crippen LogP contribution < -0.4 is 21.7 Å². The number of anilines is 3. The van der Waals surface area contributed by atoms with Crippen LogP contribution in [0.4, 0.5) is 34.9 Å². The Hall–Kier alpha value is -4.65. The molecule has 0 bridgehead atoms. The van der Waals surface area contributed by atoms with Crippen molar-refractivity contribution in [2.75, 3.05) is 29.5 Å². The SMILES string of the molecule is Nc1ncc(-c2ccc(CNc3ncc(C(F)(F)F)cc3C(=O)Nc3ccc(F)cc3)cn2)nc1CCC1CCCNC1. The maximum Gasteiger partial charge on any atom is 0.417 e. The second-order valence-electron chi connectivity index (χ2n) is 10.3. The van der Waals surface area contributed by atoms with Crippen molar-refractivity contribution in [3.05, 3.63) is 89.3 Å². The van der Waals surface area contributed by atoms with E-state index in [-0.39, 0.29) is 23.6 Å². The van der Waals surface area contributed by atoms with Gasteiger partial charge in [-0.1, -0.05) is 6.07 Å². The lowest BCUT2D eigenvalue weighted by molar-refractivity contribution is -0.137. The molecule has 0 radical (unpaired) electrons. The van der Waals surface area contributed by atoms with E-state index in [0.717, 1.165) is 56.2 Å². The number of nitrogen functional groups attached to an aromatic ring is 1. The molecule has 0 aliphatic carbocycles. The first-order valence-electron chi connectivity index (χ1n) is 13.8. The lowest BCUT2D eigenvalue weighted by atomic mass is 9.94. The van der Waals surface area contributed by atoms with Crippen LogP contribution >= 0.6 is 0 Å². The van der Waals surface area contributed by atoms with Gasteiger partial charge in [-0.3, -0.25) is 9.78 Å². The molecule has 1 fully saturated rings. The molecule has 9 nitrogen and oxygen atoms in total. The molecule has 224 valence electrons. The zero-order chi connectivity index (χ0) is 30.4. The van der Waals surface area contributed by atoms with Gasteiger partial charge in [-0.05, 0) is 86.7 Å². The number of benzene rings is 1. The molecule has 1 aromatic carbocycles. The van der Waals surface area contributed by atoms with Crippen LogP contribution in [0.3, 0.4) is 0 Å². The van der Waals surface area contributed by atoms with Crippen LogP contribution in [0.1, 0.15) is 46.4 Å². The monoisotopic (exact) mass is 594 g/mol. The molecule has 3 aromatic heterocycles. The fourth-order valence-corrected chi connectivity index (χ4v) is 4.79. The van der Waals surface area contributed by atoms with Crippen molar-refractivity contribution in [1.82, 2.24) is 25.3 Å². The van der Waals surface area contributed by atoms with Gasteiger partial charge in [0, 0.05) is 24.6 Å². The lowest BCUT2D eigenvalue weighted by Crippen LogP contribution is -2.30. The van der Waals surface area contributed by atoms with Crippen LogP contribution in [-0.4, -0.2) is 38.9 Å². The highest BCUT2D eigenvalue weighted by Gasteiger charge is 2.32. The van der Waals surface area contributed by atoms with Gasteiger partial charge in [-0.25, -0.2) is 19.3 Å². The van der Waals surface area contributed by atoms with Gasteiger partial charge >= 0.3 is 6.18 Å². The lowest BCUT2D eigenvalue weighted by Gasteiger charge is -2.22. The molecule has 1 atom stereocenters. The van der Waals surface area contributed by atoms with Crippen LogP contribution in [0, 0.1) is 11.7 Å². The average Bonchev–Trinajstić information content (AvgIpc) is 3.01. The molecule has 13 heteroatoms. The van der Waals surface area contributed by atoms with E-state index in [1.807, 2.05) is 0 Å². The number of halogens is 4. The van der Waals surface area contributed by atoms with Crippen LogP contribution in [0.15, 0.2) is 61.1 Å². The first kappa shape index (κ1) is 29.8. The van der Waals surface area contributed by atoms with E-state index >= 15 is 0 Å². The van der Waals surface area contributed by atoms with Gasteiger partial charge in [0.25, 0.3) is 5.91 Å². The number of carbonyl (C=O) groups excluding carboxylic acids is 1. The summed E-state index contributed by atoms with van der Waals surface area (Å²) in [6.45, 7) is 2.17. The van der Waals surface area contributed by atoms with E-state index in [9.17, 15) is 22.4 Å². The summed E-state index contributed by atoms with van der Waals surface area (Å²) in [5, 5.41) is 8.81. The van der Waals surface area contributed by atoms with Crippen LogP contribution in [0.2, 0.25) is 0 Å². The highest BCUT2D eigenvalue weighted by Crippen LogP contribution is 2.31. The zero-order valence-electron chi connectivity index (χ0n) is 23.1. The van der Waals surface area contributed by atoms with Crippen molar-refractivity contribution in [1.29, 1.82) is 0 Å². The van der Waals surface area contributed by atoms with Crippen molar-refractivity contribution >= 4 is 23.2 Å². The van der Waals surface area contributed by atoms with Gasteiger partial charge in [0.1, 0.15) is 23.1 Å². The maximum absolute atomic E-state index is 13.4. The minimum absolute atomic E-state index is 0.0566. The molecule has 4 heterocycles. The number of pyridine rings is 2. The Bertz CT molecular complexity index is 1560. The summed E-state index contributed by atoms with van der Waals surface area (Å²) >= 11 is 0. The second kappa shape index (κ2) is 13.1. The number of amides is 1. The summed E-state index contributed by atoms with van der Waals surface area (Å²) in [6.07, 6.45) is 3.15. The van der Waals surface area contributed by atoms with Crippen LogP contribution in [-0.2, 0) is 19.1 Å². The Kier molecular flexibility index (Phi) is 9.10. The number of hydrogen-bond donors (Lipinski definition) is 4. The fourth-order valence-electron chi connectivity index (χ4n) is 4.79. The van der Waals surface area contributed by atoms with Crippen molar-refractivity contribution in [2.24, 2.45) is 5.92 Å². The number of alkyl halides is 3. The molecule has 1 saturated heterocycles. The Labute approximate surface area is 245 Å². The van der Waals surface area contributed by atoms with E-state index in [1.54, 1.807) is 24.5 Å². The number of piperidine rings is 1. The smallest absolute Gasteiger partial charge is 0.382 e. The third-order valence-electron chi connectivity index (χ3n) is 7.17. The van der Waals surface area contributed by atoms with E-state index < -0.39 is 23.5 Å². The molecule has 1 aliphatic rings. The average molecular weight is 595 g/mol. The molecule has 0 saturated carbocycles. The number of nitrogens with one attached hydrogen (secondary N) is 3. The molecule has 43 heavy (non-hydrogen) atoms. The summed E-state index contributed by atoms with van der Waals surface area (Å²) in [5.74, 6) is -0.427. The van der Waals surface area contributed by atoms with Gasteiger partial charge in [0.2, 0.25) is 0 Å². The molecular weight excluding hydrogens is 564 g/mol. The van der Waals surface area contributed by atoms with Gasteiger partial charge < -0.3 is 21.7 Å². The summed E-state index contributed by atoms with van der Waals surface area (Å²) in [6, 6.07) is 9.12. The largest absolute Gasteiger partial charge is 0.417 e. The van der Waals surface area contributed by atoms with Crippen LogP contribution in [0.25, 0.3) is 11.4 Å². The van der Waals surface area contributed by atoms with E-state index in [0.29, 0.717) is 34.9 Å². The van der Waals surface area contributed by atoms with Gasteiger partial charge in [-0.2, -0.15) is 13.2 Å². The minimum Gasteiger partial charge on any atom is -0.382 e. The maximum atomic E-state index is 13.4. The first-order valence-corrected chi connectivity index (χ1v) is 13.8. The van der Waals surface area contributed by atoms with E-state index in [1.165, 1.54) is 18.6 Å². The quantitative estimate of drug-likeness (QED) is 0.188. The highest BCUT2D eigenvalue weighted by atomic mass is 19.4. The first-order chi connectivity index (χ1) is 20.7. The highest BCUT2D eigenvalue weighted by molar-refractivity contribution is 6.07. The molecule has 1 unspecified atom stereocenters. The van der Waals surface area contributed by atoms with Gasteiger partial charge in [0.05, 0.1) is 28.7 Å². The molecule has 1 aliphatic heterocycles. The second-order valence-corrected chi connectivity index (χ2v) is 10.3. The Morgan fingerprint density at radius 1 is 1.02 bits per heavy atom. The summed E-state index contributed by atoms with van der Waals surface area (Å²) in [7, 11) is 0. The molecule has 0 spiro atoms. The van der Waals surface area contributed by atoms with E-state index in [2.05, 4.69) is 30.9 Å². The Balaban J connectivity index is 1.28. The number of carbonyl (C=O) groups is 1. The Morgan fingerprint density at radius 3 is 2.53 bits per heavy atom. The van der Waals surface area contributed by atoms with Gasteiger partial charge in [-0.15, -0.1) is 0 Å². The zero-order valence-corrected chi connectivity index (χ0v) is 23.1. The third kappa shape index (κ3) is 7.80. The summed E-state index contributed by atoms with van der Waals surface area (Å²) < 4.78 is 53.4. The molecule has 1 amide bonds. The van der Waals surface area contributed by atoms with Crippen molar-refractivity contribution < 1.29 is 22.4 Å². The third-order valence-corrected chi connectivity index (χ3v) is 7.17. The topological polar surface area (TPSA) is 131 Å². The van der Waals surface area contributed by atoms with E-state index in [4.69, 9.17) is 10.7 Å². The predicted molar refractivity (Wildman–Crippen MR) is 155 cm³/mol. The normalized spacial score (nSPS) is 15.2. The number of aryl methyl sites for hydroxylation is 1. The predicted octanol–water partition coefficient (Wildman–Crippen LogP) is 5.47. The summed E-state index contributed by atoms with van der Waals surface area (Å²) in [5.41, 5.74) is 7.49. The Morgan fingerprint density at radius 2 is 1.84 bits per heavy atom. The number of rotatable bonds is 9. The molecule has 4 aromatic rings. The fraction of sp³-hybridized carbons (Fsp3) is 0.300. The number of nitrogens with zero attached hydrogens (tertiary/aromatic N) is 4. The van der Waals surface area contributed by atoms with Gasteiger partial charge in [0.15, 0.2) is 0 Å². The number of nitrogens with two attached hydrogens (primary N) is 1. The van der Waals surface area contributed by atoms with Crippen molar-refractivity contribution in [3.63, 3.8) is 0 Å². The van der Waals surface area contributed by atoms with Crippen molar-refractivity contribution in [3.8, 4) is 11.4 Å². The molecular formula is C30H30F4N8O. The van der Waals surface area contributed by atoms with Crippen molar-refractivity contribution in [2.45, 2.75) is 38.4 Å². The standard InChI is InChI=1S/C30H30F4N8O/c31-21-5-7-22(8-6-21)41-29(43)23-12-20(30(32,33)34)16-40-28(23)39-15-19-4-9-24(37-14-19)26-17-38-27(35)25(42-26)10-3-18-2-1-11-36-13-18/h4-9,12,14,16-18,36H,1-3,10-11,13,15H2,(H2,35,38)(H,39,40)(H,41,43). The number of hydrogen-bond acceptors (Lipinski definition) is 8.